The second-order valence-electron chi connectivity index (χ2n) is 7.68. The third kappa shape index (κ3) is 5.00. The van der Waals surface area contributed by atoms with Gasteiger partial charge in [-0.3, -0.25) is 9.36 Å². The Kier molecular flexibility index (Phi) is 5.61. The second-order valence-corrected chi connectivity index (χ2v) is 9.94. The van der Waals surface area contributed by atoms with E-state index in [9.17, 15) is 13.2 Å². The molecule has 9 nitrogen and oxygen atoms in total. The Morgan fingerprint density at radius 1 is 1.29 bits per heavy atom. The van der Waals surface area contributed by atoms with E-state index in [0.717, 1.165) is 18.2 Å². The Morgan fingerprint density at radius 2 is 2.10 bits per heavy atom. The molecule has 3 aromatic rings. The van der Waals surface area contributed by atoms with Gasteiger partial charge in [0.05, 0.1) is 22.6 Å². The first-order valence-electron chi connectivity index (χ1n) is 9.94. The van der Waals surface area contributed by atoms with Gasteiger partial charge in [0.15, 0.2) is 0 Å². The Labute approximate surface area is 180 Å². The fraction of sp³-hybridized carbons (Fsp3) is 0.333. The minimum atomic E-state index is -3.06. The summed E-state index contributed by atoms with van der Waals surface area (Å²) in [5.41, 5.74) is 2.23. The van der Waals surface area contributed by atoms with Crippen molar-refractivity contribution < 1.29 is 13.2 Å². The Morgan fingerprint density at radius 3 is 2.81 bits per heavy atom. The van der Waals surface area contributed by atoms with Gasteiger partial charge in [-0.15, -0.1) is 0 Å². The van der Waals surface area contributed by atoms with Crippen molar-refractivity contribution in [1.29, 1.82) is 5.26 Å². The lowest BCUT2D eigenvalue weighted by atomic mass is 10.2. The molecule has 0 unspecified atom stereocenters. The topological polar surface area (TPSA) is 130 Å². The summed E-state index contributed by atoms with van der Waals surface area (Å²) in [5.74, 6) is 0.327. The lowest BCUT2D eigenvalue weighted by Crippen LogP contribution is -2.27. The van der Waals surface area contributed by atoms with Crippen LogP contribution < -0.4 is 10.6 Å². The normalized spacial score (nSPS) is 13.7. The van der Waals surface area contributed by atoms with Gasteiger partial charge in [-0.25, -0.2) is 18.4 Å². The van der Waals surface area contributed by atoms with Crippen molar-refractivity contribution in [3.8, 4) is 11.9 Å². The van der Waals surface area contributed by atoms with E-state index in [0.29, 0.717) is 40.7 Å². The summed E-state index contributed by atoms with van der Waals surface area (Å²) < 4.78 is 24.3. The van der Waals surface area contributed by atoms with Crippen LogP contribution in [-0.2, 0) is 9.84 Å². The number of hydrogen-bond acceptors (Lipinski definition) is 7. The standard InChI is InChI=1S/C21H22N6O3S/c1-31(29,30)8-2-6-23-21(28)17-13-24-19(10-18(17)26-16-3-4-16)27-7-5-15-9-14(11-22)12-25-20(15)27/h5,7,9-10,12-13,16H,2-4,6,8H2,1H3,(H,23,28)(H,24,26). The van der Waals surface area contributed by atoms with Gasteiger partial charge in [-0.1, -0.05) is 0 Å². The number of anilines is 1. The molecule has 0 aromatic carbocycles. The molecule has 0 spiro atoms. The molecule has 1 saturated carbocycles. The fourth-order valence-electron chi connectivity index (χ4n) is 3.23. The third-order valence-electron chi connectivity index (χ3n) is 4.95. The molecule has 1 amide bonds. The Bertz CT molecular complexity index is 1290. The molecular formula is C21H22N6O3S. The maximum absolute atomic E-state index is 12.7. The number of nitrogens with zero attached hydrogens (tertiary/aromatic N) is 4. The van der Waals surface area contributed by atoms with Gasteiger partial charge >= 0.3 is 0 Å². The predicted octanol–water partition coefficient (Wildman–Crippen LogP) is 2.03. The first-order chi connectivity index (χ1) is 14.8. The van der Waals surface area contributed by atoms with E-state index in [2.05, 4.69) is 26.7 Å². The van der Waals surface area contributed by atoms with E-state index >= 15 is 0 Å². The van der Waals surface area contributed by atoms with Gasteiger partial charge in [0.25, 0.3) is 5.91 Å². The summed E-state index contributed by atoms with van der Waals surface area (Å²) in [6.07, 6.45) is 8.47. The highest BCUT2D eigenvalue weighted by molar-refractivity contribution is 7.90. The Balaban J connectivity index is 1.59. The minimum Gasteiger partial charge on any atom is -0.382 e. The molecule has 4 rings (SSSR count). The van der Waals surface area contributed by atoms with Gasteiger partial charge in [-0.05, 0) is 31.4 Å². The van der Waals surface area contributed by atoms with Crippen molar-refractivity contribution in [2.75, 3.05) is 23.9 Å². The number of carbonyl (C=O) groups excluding carboxylic acids is 1. The number of fused-ring (bicyclic) bond motifs is 1. The van der Waals surface area contributed by atoms with Crippen LogP contribution in [0.5, 0.6) is 0 Å². The van der Waals surface area contributed by atoms with Crippen molar-refractivity contribution in [1.82, 2.24) is 19.9 Å². The summed E-state index contributed by atoms with van der Waals surface area (Å²) >= 11 is 0. The van der Waals surface area contributed by atoms with Crippen LogP contribution in [0.1, 0.15) is 35.2 Å². The highest BCUT2D eigenvalue weighted by atomic mass is 32.2. The molecular weight excluding hydrogens is 416 g/mol. The van der Waals surface area contributed by atoms with Crippen LogP contribution in [0.3, 0.4) is 0 Å². The first kappa shape index (κ1) is 20.8. The predicted molar refractivity (Wildman–Crippen MR) is 117 cm³/mol. The lowest BCUT2D eigenvalue weighted by Gasteiger charge is -2.14. The molecule has 31 heavy (non-hydrogen) atoms. The largest absolute Gasteiger partial charge is 0.382 e. The van der Waals surface area contributed by atoms with E-state index < -0.39 is 9.84 Å². The van der Waals surface area contributed by atoms with Crippen LogP contribution in [0.15, 0.2) is 36.8 Å². The van der Waals surface area contributed by atoms with E-state index in [-0.39, 0.29) is 18.2 Å². The van der Waals surface area contributed by atoms with Crippen molar-refractivity contribution in [3.05, 3.63) is 47.9 Å². The molecule has 0 bridgehead atoms. The summed E-state index contributed by atoms with van der Waals surface area (Å²) in [6.45, 7) is 0.268. The zero-order chi connectivity index (χ0) is 22.0. The van der Waals surface area contributed by atoms with Crippen LogP contribution in [-0.4, -0.2) is 53.5 Å². The Hall–Kier alpha value is -3.45. The summed E-state index contributed by atoms with van der Waals surface area (Å²) in [6, 6.07) is 7.84. The maximum atomic E-state index is 12.7. The molecule has 1 aliphatic rings. The van der Waals surface area contributed by atoms with Gasteiger partial charge in [0.2, 0.25) is 0 Å². The monoisotopic (exact) mass is 438 g/mol. The number of sulfone groups is 1. The molecule has 0 radical (unpaired) electrons. The fourth-order valence-corrected chi connectivity index (χ4v) is 3.89. The molecule has 2 N–H and O–H groups in total. The number of nitriles is 1. The molecule has 0 aliphatic heterocycles. The molecule has 3 aromatic heterocycles. The molecule has 1 fully saturated rings. The number of hydrogen-bond donors (Lipinski definition) is 2. The van der Waals surface area contributed by atoms with Crippen LogP contribution >= 0.6 is 0 Å². The van der Waals surface area contributed by atoms with Gasteiger partial charge in [0, 0.05) is 48.9 Å². The SMILES string of the molecule is CS(=O)(=O)CCCNC(=O)c1cnc(-n2ccc3cc(C#N)cnc32)cc1NC1CC1. The smallest absolute Gasteiger partial charge is 0.254 e. The average molecular weight is 439 g/mol. The molecule has 160 valence electrons. The first-order valence-corrected chi connectivity index (χ1v) is 12.0. The number of carbonyl (C=O) groups is 1. The van der Waals surface area contributed by atoms with Gasteiger partial charge in [0.1, 0.15) is 27.4 Å². The summed E-state index contributed by atoms with van der Waals surface area (Å²) in [5, 5.41) is 16.0. The molecule has 0 atom stereocenters. The average Bonchev–Trinajstić information content (AvgIpc) is 3.45. The molecule has 3 heterocycles. The number of amides is 1. The highest BCUT2D eigenvalue weighted by Crippen LogP contribution is 2.28. The number of rotatable bonds is 8. The van der Waals surface area contributed by atoms with E-state index in [1.807, 2.05) is 22.9 Å². The highest BCUT2D eigenvalue weighted by Gasteiger charge is 2.24. The summed E-state index contributed by atoms with van der Waals surface area (Å²) in [7, 11) is -3.06. The number of pyridine rings is 2. The second kappa shape index (κ2) is 8.35. The van der Waals surface area contributed by atoms with Crippen molar-refractivity contribution in [2.24, 2.45) is 0 Å². The third-order valence-corrected chi connectivity index (χ3v) is 5.98. The van der Waals surface area contributed by atoms with Crippen molar-refractivity contribution in [2.45, 2.75) is 25.3 Å². The van der Waals surface area contributed by atoms with Crippen molar-refractivity contribution in [3.63, 3.8) is 0 Å². The molecule has 10 heteroatoms. The lowest BCUT2D eigenvalue weighted by molar-refractivity contribution is 0.0954. The van der Waals surface area contributed by atoms with Crippen LogP contribution in [0.4, 0.5) is 5.69 Å². The summed E-state index contributed by atoms with van der Waals surface area (Å²) in [4.78, 5) is 21.5. The van der Waals surface area contributed by atoms with Crippen LogP contribution in [0, 0.1) is 11.3 Å². The number of aromatic nitrogens is 3. The quantitative estimate of drug-likeness (QED) is 0.515. The van der Waals surface area contributed by atoms with Crippen molar-refractivity contribution >= 4 is 32.5 Å². The maximum Gasteiger partial charge on any atom is 0.254 e. The minimum absolute atomic E-state index is 0.0267. The van der Waals surface area contributed by atoms with Gasteiger partial charge < -0.3 is 10.6 Å². The number of nitrogens with one attached hydrogen (secondary N) is 2. The van der Waals surface area contributed by atoms with Crippen LogP contribution in [0.25, 0.3) is 16.9 Å². The zero-order valence-electron chi connectivity index (χ0n) is 17.0. The molecule has 1 aliphatic carbocycles. The van der Waals surface area contributed by atoms with Crippen LogP contribution in [0.2, 0.25) is 0 Å². The van der Waals surface area contributed by atoms with Gasteiger partial charge in [-0.2, -0.15) is 5.26 Å². The van der Waals surface area contributed by atoms with E-state index in [1.54, 1.807) is 6.07 Å². The van der Waals surface area contributed by atoms with E-state index in [4.69, 9.17) is 5.26 Å². The zero-order valence-corrected chi connectivity index (χ0v) is 17.8. The van der Waals surface area contributed by atoms with E-state index in [1.165, 1.54) is 18.6 Å². The molecule has 0 saturated heterocycles.